The minimum Gasteiger partial charge on any atom is -0.267 e. The molecule has 0 aliphatic heterocycles. The Labute approximate surface area is 371 Å². The van der Waals surface area contributed by atoms with Gasteiger partial charge in [0.1, 0.15) is 11.6 Å². The van der Waals surface area contributed by atoms with Crippen LogP contribution in [0.25, 0.3) is 33.6 Å². The van der Waals surface area contributed by atoms with Crippen LogP contribution in [0.5, 0.6) is 0 Å². The average Bonchev–Trinajstić information content (AvgIpc) is 3.25. The summed E-state index contributed by atoms with van der Waals surface area (Å²) in [4.78, 5) is 28.2. The van der Waals surface area contributed by atoms with Crippen molar-refractivity contribution in [3.05, 3.63) is 223 Å². The van der Waals surface area contributed by atoms with E-state index in [0.717, 1.165) is 27.8 Å². The Hall–Kier alpha value is -6.18. The van der Waals surface area contributed by atoms with Gasteiger partial charge in [-0.2, -0.15) is 19.6 Å². The Kier molecular flexibility index (Phi) is 13.6. The zero-order valence-corrected chi connectivity index (χ0v) is 36.3. The summed E-state index contributed by atoms with van der Waals surface area (Å²) in [7, 11) is -3.36. The molecular weight excluding hydrogens is 870 g/mol. The van der Waals surface area contributed by atoms with E-state index in [9.17, 15) is 26.8 Å². The summed E-state index contributed by atoms with van der Waals surface area (Å²) in [5.41, 5.74) is 5.54. The van der Waals surface area contributed by atoms with Gasteiger partial charge in [0.25, 0.3) is 11.1 Å². The topological polar surface area (TPSA) is 104 Å². The number of hydrogen-bond acceptors (Lipinski definition) is 7. The van der Waals surface area contributed by atoms with Gasteiger partial charge in [0, 0.05) is 56.3 Å². The molecule has 0 aliphatic rings. The zero-order chi connectivity index (χ0) is 44.0. The van der Waals surface area contributed by atoms with Crippen molar-refractivity contribution in [3.8, 4) is 33.6 Å². The number of halogens is 4. The lowest BCUT2D eigenvalue weighted by molar-refractivity contribution is 0.602. The van der Waals surface area contributed by atoms with Gasteiger partial charge in [-0.25, -0.2) is 17.2 Å². The molecule has 6 aromatic carbocycles. The molecule has 0 saturated carbocycles. The first-order valence-corrected chi connectivity index (χ1v) is 22.8. The van der Waals surface area contributed by atoms with Gasteiger partial charge in [-0.05, 0) is 113 Å². The molecule has 14 heteroatoms. The van der Waals surface area contributed by atoms with Gasteiger partial charge in [0.05, 0.1) is 28.7 Å². The van der Waals surface area contributed by atoms with Crippen LogP contribution < -0.4 is 11.1 Å². The van der Waals surface area contributed by atoms with Crippen LogP contribution in [0.15, 0.2) is 177 Å². The van der Waals surface area contributed by atoms with E-state index >= 15 is 0 Å². The van der Waals surface area contributed by atoms with Crippen molar-refractivity contribution in [2.75, 3.05) is 12.5 Å². The lowest BCUT2D eigenvalue weighted by Crippen LogP contribution is -2.25. The van der Waals surface area contributed by atoms with Crippen LogP contribution in [0.4, 0.5) is 8.78 Å². The molecule has 0 saturated heterocycles. The highest BCUT2D eigenvalue weighted by molar-refractivity contribution is 7.98. The maximum Gasteiger partial charge on any atom is 0.275 e. The summed E-state index contributed by atoms with van der Waals surface area (Å²) < 4.78 is 53.7. The molecule has 0 amide bonds. The van der Waals surface area contributed by atoms with Crippen LogP contribution >= 0.6 is 35.0 Å². The first-order chi connectivity index (χ1) is 29.8. The van der Waals surface area contributed by atoms with E-state index in [4.69, 9.17) is 23.2 Å². The third kappa shape index (κ3) is 10.5. The Bertz CT molecular complexity index is 3140. The molecule has 2 aromatic heterocycles. The minimum atomic E-state index is -3.36. The maximum atomic E-state index is 13.8. The van der Waals surface area contributed by atoms with Crippen molar-refractivity contribution in [2.24, 2.45) is 0 Å². The van der Waals surface area contributed by atoms with Crippen LogP contribution in [-0.4, -0.2) is 40.5 Å². The summed E-state index contributed by atoms with van der Waals surface area (Å²) in [6, 6.07) is 40.3. The fourth-order valence-corrected chi connectivity index (χ4v) is 8.16. The van der Waals surface area contributed by atoms with Crippen LogP contribution in [-0.2, 0) is 22.7 Å². The van der Waals surface area contributed by atoms with E-state index in [0.29, 0.717) is 55.7 Å². The molecule has 0 fully saturated rings. The highest BCUT2D eigenvalue weighted by atomic mass is 35.5. The summed E-state index contributed by atoms with van der Waals surface area (Å²) in [6.07, 6.45) is 6.84. The molecule has 0 radical (unpaired) electrons. The molecule has 62 heavy (non-hydrogen) atoms. The predicted octanol–water partition coefficient (Wildman–Crippen LogP) is 10.7. The smallest absolute Gasteiger partial charge is 0.267 e. The van der Waals surface area contributed by atoms with E-state index in [1.165, 1.54) is 45.8 Å². The molecule has 0 bridgehead atoms. The molecule has 312 valence electrons. The van der Waals surface area contributed by atoms with Crippen molar-refractivity contribution in [1.29, 1.82) is 0 Å². The van der Waals surface area contributed by atoms with Gasteiger partial charge in [-0.3, -0.25) is 9.59 Å². The fraction of sp³-hybridized carbons (Fsp3) is 0.0833. The fourth-order valence-electron chi connectivity index (χ4n) is 6.75. The molecule has 2 heterocycles. The standard InChI is InChI=1S/C24H18ClFN2O3S.C24H18ClFN2OS/c1-32(30,31)21-10-8-17(9-11-21)23-15-27-28(20-7-3-5-18(25)14-20)24(29)22(23)13-16-4-2-6-19(26)12-16;1-30-21-10-8-17(9-11-21)23-15-27-28(20-7-3-5-18(25)14-20)24(29)22(23)13-16-4-2-6-19(26)12-16/h2-12,14-15H,13H2,1H3;2-12,14-15H,13H2,1H3. The Balaban J connectivity index is 0.000000187. The molecule has 0 unspecified atom stereocenters. The van der Waals surface area contributed by atoms with Gasteiger partial charge >= 0.3 is 0 Å². The number of sulfone groups is 1. The van der Waals surface area contributed by atoms with Crippen molar-refractivity contribution in [2.45, 2.75) is 22.6 Å². The summed E-state index contributed by atoms with van der Waals surface area (Å²) in [6.45, 7) is 0. The minimum absolute atomic E-state index is 0.169. The first-order valence-electron chi connectivity index (χ1n) is 19.0. The van der Waals surface area contributed by atoms with Crippen LogP contribution in [0, 0.1) is 11.6 Å². The Morgan fingerprint density at radius 1 is 0.581 bits per heavy atom. The Morgan fingerprint density at radius 2 is 1.00 bits per heavy atom. The third-order valence-electron chi connectivity index (χ3n) is 9.80. The maximum absolute atomic E-state index is 13.8. The second kappa shape index (κ2) is 19.3. The first kappa shape index (κ1) is 43.9. The van der Waals surface area contributed by atoms with Crippen molar-refractivity contribution < 1.29 is 17.2 Å². The molecular formula is C48H36Cl2F2N4O4S2. The van der Waals surface area contributed by atoms with Crippen molar-refractivity contribution >= 4 is 44.8 Å². The van der Waals surface area contributed by atoms with E-state index in [-0.39, 0.29) is 28.3 Å². The zero-order valence-electron chi connectivity index (χ0n) is 33.2. The number of rotatable bonds is 10. The van der Waals surface area contributed by atoms with E-state index in [1.807, 2.05) is 36.6 Å². The molecule has 8 rings (SSSR count). The van der Waals surface area contributed by atoms with Gasteiger partial charge in [-0.15, -0.1) is 11.8 Å². The summed E-state index contributed by atoms with van der Waals surface area (Å²) in [5.74, 6) is -0.728. The van der Waals surface area contributed by atoms with E-state index in [1.54, 1.807) is 103 Å². The Morgan fingerprint density at radius 3 is 1.39 bits per heavy atom. The van der Waals surface area contributed by atoms with Crippen LogP contribution in [0.3, 0.4) is 0 Å². The van der Waals surface area contributed by atoms with Gasteiger partial charge < -0.3 is 0 Å². The predicted molar refractivity (Wildman–Crippen MR) is 244 cm³/mol. The number of thioether (sulfide) groups is 1. The van der Waals surface area contributed by atoms with Crippen molar-refractivity contribution in [1.82, 2.24) is 19.6 Å². The third-order valence-corrected chi connectivity index (χ3v) is 12.1. The number of benzene rings is 6. The van der Waals surface area contributed by atoms with Gasteiger partial charge in [0.15, 0.2) is 9.84 Å². The highest BCUT2D eigenvalue weighted by Gasteiger charge is 2.18. The largest absolute Gasteiger partial charge is 0.275 e. The lowest BCUT2D eigenvalue weighted by Gasteiger charge is -2.13. The highest BCUT2D eigenvalue weighted by Crippen LogP contribution is 2.28. The second-order valence-electron chi connectivity index (χ2n) is 14.1. The molecule has 0 spiro atoms. The normalized spacial score (nSPS) is 11.2. The average molecular weight is 906 g/mol. The molecule has 8 nitrogen and oxygen atoms in total. The number of nitrogens with zero attached hydrogens (tertiary/aromatic N) is 4. The number of aromatic nitrogens is 4. The molecule has 0 aliphatic carbocycles. The summed E-state index contributed by atoms with van der Waals surface area (Å²) >= 11 is 13.8. The number of hydrogen-bond donors (Lipinski definition) is 0. The monoisotopic (exact) mass is 904 g/mol. The quantitative estimate of drug-likeness (QED) is 0.126. The van der Waals surface area contributed by atoms with E-state index < -0.39 is 15.7 Å². The molecule has 0 N–H and O–H groups in total. The second-order valence-corrected chi connectivity index (χ2v) is 17.9. The van der Waals surface area contributed by atoms with Gasteiger partial charge in [0.2, 0.25) is 0 Å². The lowest BCUT2D eigenvalue weighted by atomic mass is 9.97. The van der Waals surface area contributed by atoms with Gasteiger partial charge in [-0.1, -0.05) is 83.9 Å². The van der Waals surface area contributed by atoms with Crippen LogP contribution in [0.2, 0.25) is 10.0 Å². The molecule has 0 atom stereocenters. The summed E-state index contributed by atoms with van der Waals surface area (Å²) in [5, 5.41) is 9.68. The SMILES string of the molecule is CS(=O)(=O)c1ccc(-c2cnn(-c3cccc(Cl)c3)c(=O)c2Cc2cccc(F)c2)cc1.CSc1ccc(-c2cnn(-c3cccc(Cl)c3)c(=O)c2Cc2cccc(F)c2)cc1. The molecule has 8 aromatic rings. The van der Waals surface area contributed by atoms with Crippen molar-refractivity contribution in [3.63, 3.8) is 0 Å². The van der Waals surface area contributed by atoms with E-state index in [2.05, 4.69) is 10.2 Å². The van der Waals surface area contributed by atoms with Crippen LogP contribution in [0.1, 0.15) is 22.3 Å².